The zero-order valence-corrected chi connectivity index (χ0v) is 14.1. The first-order valence-electron chi connectivity index (χ1n) is 8.46. The highest BCUT2D eigenvalue weighted by Gasteiger charge is 2.24. The van der Waals surface area contributed by atoms with Crippen molar-refractivity contribution in [2.45, 2.75) is 32.2 Å². The predicted molar refractivity (Wildman–Crippen MR) is 95.8 cm³/mol. The highest BCUT2D eigenvalue weighted by atomic mass is 16.2. The average molecular weight is 339 g/mol. The van der Waals surface area contributed by atoms with E-state index >= 15 is 0 Å². The number of pyridine rings is 1. The fourth-order valence-corrected chi connectivity index (χ4v) is 3.04. The van der Waals surface area contributed by atoms with Crippen molar-refractivity contribution < 1.29 is 9.59 Å². The second-order valence-corrected chi connectivity index (χ2v) is 6.30. The molecule has 1 saturated heterocycles. The predicted octanol–water partition coefficient (Wildman–Crippen LogP) is 2.64. The van der Waals surface area contributed by atoms with Crippen LogP contribution in [0.1, 0.15) is 47.0 Å². The van der Waals surface area contributed by atoms with Crippen molar-refractivity contribution in [3.63, 3.8) is 0 Å². The van der Waals surface area contributed by atoms with Crippen LogP contribution in [0.15, 0.2) is 47.3 Å². The number of amides is 2. The zero-order chi connectivity index (χ0) is 17.8. The van der Waals surface area contributed by atoms with Crippen molar-refractivity contribution in [1.82, 2.24) is 9.88 Å². The molecule has 1 fully saturated rings. The van der Waals surface area contributed by atoms with Gasteiger partial charge < -0.3 is 15.2 Å². The van der Waals surface area contributed by atoms with Crippen LogP contribution in [0.4, 0.5) is 5.69 Å². The van der Waals surface area contributed by atoms with Crippen LogP contribution in [0.25, 0.3) is 0 Å². The van der Waals surface area contributed by atoms with Crippen LogP contribution in [0.2, 0.25) is 0 Å². The number of benzene rings is 1. The summed E-state index contributed by atoms with van der Waals surface area (Å²) in [7, 11) is 0. The van der Waals surface area contributed by atoms with E-state index in [2.05, 4.69) is 17.2 Å². The monoisotopic (exact) mass is 339 g/mol. The molecule has 2 amide bonds. The molecule has 130 valence electrons. The Morgan fingerprint density at radius 3 is 2.56 bits per heavy atom. The van der Waals surface area contributed by atoms with E-state index in [1.165, 1.54) is 18.2 Å². The van der Waals surface area contributed by atoms with Gasteiger partial charge in [0.25, 0.3) is 11.8 Å². The van der Waals surface area contributed by atoms with Crippen LogP contribution >= 0.6 is 0 Å². The number of nitrogens with zero attached hydrogens (tertiary/aromatic N) is 1. The Morgan fingerprint density at radius 2 is 1.88 bits per heavy atom. The molecule has 0 saturated carbocycles. The van der Waals surface area contributed by atoms with E-state index in [0.717, 1.165) is 25.8 Å². The van der Waals surface area contributed by atoms with E-state index in [4.69, 9.17) is 0 Å². The molecule has 2 N–H and O–H groups in total. The highest BCUT2D eigenvalue weighted by Crippen LogP contribution is 2.20. The van der Waals surface area contributed by atoms with Gasteiger partial charge in [0.05, 0.1) is 0 Å². The summed E-state index contributed by atoms with van der Waals surface area (Å²) in [4.78, 5) is 40.4. The molecule has 1 aliphatic rings. The van der Waals surface area contributed by atoms with E-state index in [1.807, 2.05) is 4.90 Å². The number of likely N-dealkylation sites (tertiary alicyclic amines) is 1. The number of anilines is 1. The van der Waals surface area contributed by atoms with Crippen molar-refractivity contribution in [2.24, 2.45) is 0 Å². The molecule has 1 aromatic heterocycles. The molecule has 2 aromatic rings. The number of aromatic amines is 1. The number of H-pyrrole nitrogens is 1. The molecule has 0 bridgehead atoms. The largest absolute Gasteiger partial charge is 0.336 e. The summed E-state index contributed by atoms with van der Waals surface area (Å²) in [6.07, 6.45) is 3.24. The van der Waals surface area contributed by atoms with Crippen LogP contribution in [0.5, 0.6) is 0 Å². The molecule has 0 radical (unpaired) electrons. The lowest BCUT2D eigenvalue weighted by Crippen LogP contribution is -2.42. The molecule has 6 heteroatoms. The lowest BCUT2D eigenvalue weighted by molar-refractivity contribution is 0.0635. The van der Waals surface area contributed by atoms with Crippen LogP contribution in [-0.4, -0.2) is 34.3 Å². The third-order valence-corrected chi connectivity index (χ3v) is 4.47. The summed E-state index contributed by atoms with van der Waals surface area (Å²) in [6, 6.07) is 11.5. The zero-order valence-electron chi connectivity index (χ0n) is 14.1. The molecule has 2 heterocycles. The topological polar surface area (TPSA) is 82.3 Å². The molecular weight excluding hydrogens is 318 g/mol. The number of hydrogen-bond donors (Lipinski definition) is 2. The van der Waals surface area contributed by atoms with E-state index in [0.29, 0.717) is 11.3 Å². The Morgan fingerprint density at radius 1 is 1.12 bits per heavy atom. The average Bonchev–Trinajstić information content (AvgIpc) is 2.62. The van der Waals surface area contributed by atoms with E-state index in [9.17, 15) is 14.4 Å². The van der Waals surface area contributed by atoms with Crippen molar-refractivity contribution in [3.05, 3.63) is 64.1 Å². The number of carbonyl (C=O) groups excluding carboxylic acids is 2. The van der Waals surface area contributed by atoms with Gasteiger partial charge in [-0.3, -0.25) is 14.4 Å². The summed E-state index contributed by atoms with van der Waals surface area (Å²) in [5, 5.41) is 2.71. The second kappa shape index (κ2) is 7.34. The van der Waals surface area contributed by atoms with Crippen LogP contribution in [0, 0.1) is 0 Å². The second-order valence-electron chi connectivity index (χ2n) is 6.30. The molecular formula is C19H21N3O3. The lowest BCUT2D eigenvalue weighted by Gasteiger charge is -2.33. The van der Waals surface area contributed by atoms with Gasteiger partial charge in [-0.25, -0.2) is 0 Å². The lowest BCUT2D eigenvalue weighted by atomic mass is 10.0. The minimum atomic E-state index is -0.401. The minimum Gasteiger partial charge on any atom is -0.336 e. The fraction of sp³-hybridized carbons (Fsp3) is 0.316. The fourth-order valence-electron chi connectivity index (χ4n) is 3.04. The van der Waals surface area contributed by atoms with E-state index < -0.39 is 5.91 Å². The number of rotatable bonds is 3. The van der Waals surface area contributed by atoms with Gasteiger partial charge in [-0.05, 0) is 56.5 Å². The van der Waals surface area contributed by atoms with Crippen LogP contribution in [0.3, 0.4) is 0 Å². The Labute approximate surface area is 145 Å². The summed E-state index contributed by atoms with van der Waals surface area (Å²) < 4.78 is 0. The molecule has 6 nitrogen and oxygen atoms in total. The van der Waals surface area contributed by atoms with Gasteiger partial charge in [0.15, 0.2) is 0 Å². The normalized spacial score (nSPS) is 17.2. The quantitative estimate of drug-likeness (QED) is 0.902. The van der Waals surface area contributed by atoms with Gasteiger partial charge in [-0.15, -0.1) is 0 Å². The van der Waals surface area contributed by atoms with Crippen molar-refractivity contribution >= 4 is 17.5 Å². The maximum absolute atomic E-state index is 12.6. The highest BCUT2D eigenvalue weighted by molar-refractivity contribution is 6.03. The third kappa shape index (κ3) is 3.96. The van der Waals surface area contributed by atoms with Gasteiger partial charge in [0.2, 0.25) is 5.56 Å². The maximum atomic E-state index is 12.6. The van der Waals surface area contributed by atoms with Crippen LogP contribution in [-0.2, 0) is 0 Å². The summed E-state index contributed by atoms with van der Waals surface area (Å²) in [5.41, 5.74) is 1.04. The first kappa shape index (κ1) is 17.0. The van der Waals surface area contributed by atoms with E-state index in [1.54, 1.807) is 24.3 Å². The molecule has 1 aromatic carbocycles. The molecule has 25 heavy (non-hydrogen) atoms. The number of nitrogens with one attached hydrogen (secondary N) is 2. The first-order chi connectivity index (χ1) is 12.0. The molecule has 1 aliphatic heterocycles. The molecule has 0 aliphatic carbocycles. The standard InChI is InChI=1S/C19H21N3O3/c1-13-5-2-3-12-22(13)19(25)14-8-10-15(11-9-14)20-18(24)16-6-4-7-17(23)21-16/h4,6-11,13H,2-3,5,12H2,1H3,(H,20,24)(H,21,23). The van der Waals surface area contributed by atoms with Gasteiger partial charge in [0, 0.05) is 29.9 Å². The summed E-state index contributed by atoms with van der Waals surface area (Å²) >= 11 is 0. The Hall–Kier alpha value is -2.89. The smallest absolute Gasteiger partial charge is 0.272 e. The van der Waals surface area contributed by atoms with Crippen molar-refractivity contribution in [2.75, 3.05) is 11.9 Å². The summed E-state index contributed by atoms with van der Waals surface area (Å²) in [6.45, 7) is 2.87. The van der Waals surface area contributed by atoms with Gasteiger partial charge in [-0.2, -0.15) is 0 Å². The third-order valence-electron chi connectivity index (χ3n) is 4.47. The Kier molecular flexibility index (Phi) is 4.97. The molecule has 3 rings (SSSR count). The molecule has 0 spiro atoms. The molecule has 1 unspecified atom stereocenters. The summed E-state index contributed by atoms with van der Waals surface area (Å²) in [5.74, 6) is -0.376. The van der Waals surface area contributed by atoms with Gasteiger partial charge in [-0.1, -0.05) is 6.07 Å². The number of carbonyl (C=O) groups is 2. The SMILES string of the molecule is CC1CCCCN1C(=O)c1ccc(NC(=O)c2cccc(=O)[nH]2)cc1. The van der Waals surface area contributed by atoms with Gasteiger partial charge >= 0.3 is 0 Å². The van der Waals surface area contributed by atoms with E-state index in [-0.39, 0.29) is 23.2 Å². The maximum Gasteiger partial charge on any atom is 0.272 e. The number of hydrogen-bond acceptors (Lipinski definition) is 3. The Balaban J connectivity index is 1.68. The van der Waals surface area contributed by atoms with Crippen molar-refractivity contribution in [3.8, 4) is 0 Å². The van der Waals surface area contributed by atoms with Crippen LogP contribution < -0.4 is 10.9 Å². The number of aromatic nitrogens is 1. The molecule has 1 atom stereocenters. The Bertz CT molecular complexity index is 826. The number of piperidine rings is 1. The van der Waals surface area contributed by atoms with Crippen molar-refractivity contribution in [1.29, 1.82) is 0 Å². The van der Waals surface area contributed by atoms with Gasteiger partial charge in [0.1, 0.15) is 5.69 Å². The first-order valence-corrected chi connectivity index (χ1v) is 8.46. The minimum absolute atomic E-state index is 0.0254.